The van der Waals surface area contributed by atoms with Gasteiger partial charge in [-0.15, -0.1) is 6.58 Å². The Labute approximate surface area is 121 Å². The first-order valence-corrected chi connectivity index (χ1v) is 7.37. The van der Waals surface area contributed by atoms with Crippen LogP contribution in [0.4, 0.5) is 0 Å². The molecule has 1 aromatic carbocycles. The Bertz CT molecular complexity index is 444. The van der Waals surface area contributed by atoms with Gasteiger partial charge < -0.3 is 4.90 Å². The van der Waals surface area contributed by atoms with Gasteiger partial charge in [0.05, 0.1) is 0 Å². The lowest BCUT2D eigenvalue weighted by Gasteiger charge is -2.40. The smallest absolute Gasteiger partial charge is 0.223 e. The van der Waals surface area contributed by atoms with E-state index in [1.165, 1.54) is 5.56 Å². The first kappa shape index (κ1) is 14.8. The molecule has 0 saturated carbocycles. The molecule has 0 spiro atoms. The van der Waals surface area contributed by atoms with E-state index in [-0.39, 0.29) is 5.91 Å². The summed E-state index contributed by atoms with van der Waals surface area (Å²) in [6, 6.07) is 10.8. The van der Waals surface area contributed by atoms with Crippen LogP contribution >= 0.6 is 0 Å². The molecule has 1 aromatic rings. The van der Waals surface area contributed by atoms with Gasteiger partial charge in [-0.2, -0.15) is 0 Å². The highest BCUT2D eigenvalue weighted by molar-refractivity contribution is 5.76. The van der Waals surface area contributed by atoms with Crippen molar-refractivity contribution in [3.63, 3.8) is 0 Å². The normalized spacial score (nSPS) is 19.9. The van der Waals surface area contributed by atoms with Gasteiger partial charge in [0.2, 0.25) is 5.91 Å². The third kappa shape index (κ3) is 3.94. The Morgan fingerprint density at radius 1 is 1.35 bits per heavy atom. The van der Waals surface area contributed by atoms with E-state index in [2.05, 4.69) is 42.7 Å². The minimum Gasteiger partial charge on any atom is -0.337 e. The number of benzene rings is 1. The number of nitrogens with zero attached hydrogens (tertiary/aromatic N) is 2. The van der Waals surface area contributed by atoms with E-state index >= 15 is 0 Å². The van der Waals surface area contributed by atoms with Crippen molar-refractivity contribution in [3.8, 4) is 0 Å². The molecular weight excluding hydrogens is 248 g/mol. The van der Waals surface area contributed by atoms with Gasteiger partial charge in [0.25, 0.3) is 0 Å². The Balaban J connectivity index is 1.85. The Kier molecular flexibility index (Phi) is 5.36. The van der Waals surface area contributed by atoms with Crippen LogP contribution in [0.25, 0.3) is 0 Å². The maximum atomic E-state index is 12.1. The zero-order valence-corrected chi connectivity index (χ0v) is 12.3. The zero-order chi connectivity index (χ0) is 14.4. The quantitative estimate of drug-likeness (QED) is 0.769. The molecule has 1 heterocycles. The van der Waals surface area contributed by atoms with Crippen LogP contribution in [0.1, 0.15) is 25.3 Å². The molecular formula is C17H24N2O. The number of piperazine rings is 1. The first-order chi connectivity index (χ1) is 9.70. The van der Waals surface area contributed by atoms with E-state index in [1.54, 1.807) is 0 Å². The molecule has 1 atom stereocenters. The van der Waals surface area contributed by atoms with Crippen LogP contribution in [0.2, 0.25) is 0 Å². The van der Waals surface area contributed by atoms with Gasteiger partial charge in [-0.3, -0.25) is 9.69 Å². The van der Waals surface area contributed by atoms with Crippen molar-refractivity contribution in [1.82, 2.24) is 9.80 Å². The van der Waals surface area contributed by atoms with Crippen LogP contribution in [0, 0.1) is 0 Å². The number of carbonyl (C=O) groups is 1. The van der Waals surface area contributed by atoms with Crippen LogP contribution in [0.15, 0.2) is 43.0 Å². The van der Waals surface area contributed by atoms with E-state index in [0.29, 0.717) is 12.5 Å². The van der Waals surface area contributed by atoms with Gasteiger partial charge >= 0.3 is 0 Å². The zero-order valence-electron chi connectivity index (χ0n) is 12.3. The molecule has 0 bridgehead atoms. The average Bonchev–Trinajstić information content (AvgIpc) is 2.46. The summed E-state index contributed by atoms with van der Waals surface area (Å²) in [6.45, 7) is 9.54. The van der Waals surface area contributed by atoms with Gasteiger partial charge in [0.15, 0.2) is 0 Å². The number of allylic oxidation sites excluding steroid dienone is 1. The molecule has 1 aliphatic rings. The molecule has 0 aromatic heterocycles. The molecule has 1 fully saturated rings. The molecule has 20 heavy (non-hydrogen) atoms. The summed E-state index contributed by atoms with van der Waals surface area (Å²) in [7, 11) is 0. The number of hydrogen-bond donors (Lipinski definition) is 0. The number of rotatable bonds is 5. The van der Waals surface area contributed by atoms with Crippen molar-refractivity contribution in [1.29, 1.82) is 0 Å². The molecule has 108 valence electrons. The lowest BCUT2D eigenvalue weighted by Crippen LogP contribution is -2.53. The van der Waals surface area contributed by atoms with Crippen LogP contribution in [0.5, 0.6) is 0 Å². The third-order valence-electron chi connectivity index (χ3n) is 3.84. The van der Waals surface area contributed by atoms with Crippen molar-refractivity contribution in [3.05, 3.63) is 48.6 Å². The second-order valence-corrected chi connectivity index (χ2v) is 5.48. The summed E-state index contributed by atoms with van der Waals surface area (Å²) in [5.74, 6) is 0.261. The molecule has 0 aliphatic carbocycles. The van der Waals surface area contributed by atoms with Crippen molar-refractivity contribution in [2.45, 2.75) is 32.4 Å². The Hall–Kier alpha value is -1.61. The van der Waals surface area contributed by atoms with E-state index in [9.17, 15) is 4.79 Å². The maximum Gasteiger partial charge on any atom is 0.223 e. The summed E-state index contributed by atoms with van der Waals surface area (Å²) < 4.78 is 0. The lowest BCUT2D eigenvalue weighted by molar-refractivity contribution is -0.135. The molecule has 1 amide bonds. The highest BCUT2D eigenvalue weighted by Crippen LogP contribution is 2.14. The predicted octanol–water partition coefficient (Wildman–Crippen LogP) is 2.69. The van der Waals surface area contributed by atoms with Crippen molar-refractivity contribution >= 4 is 5.91 Å². The predicted molar refractivity (Wildman–Crippen MR) is 82.3 cm³/mol. The highest BCUT2D eigenvalue weighted by atomic mass is 16.2. The molecule has 1 aliphatic heterocycles. The van der Waals surface area contributed by atoms with Gasteiger partial charge in [0, 0.05) is 38.6 Å². The lowest BCUT2D eigenvalue weighted by atomic mass is 10.1. The largest absolute Gasteiger partial charge is 0.337 e. The van der Waals surface area contributed by atoms with Gasteiger partial charge in [0.1, 0.15) is 0 Å². The fourth-order valence-electron chi connectivity index (χ4n) is 2.76. The minimum absolute atomic E-state index is 0.261. The number of hydrogen-bond acceptors (Lipinski definition) is 2. The molecule has 0 N–H and O–H groups in total. The highest BCUT2D eigenvalue weighted by Gasteiger charge is 2.26. The number of carbonyl (C=O) groups excluding carboxylic acids is 1. The fraction of sp³-hybridized carbons (Fsp3) is 0.471. The monoisotopic (exact) mass is 272 g/mol. The molecule has 1 unspecified atom stereocenters. The summed E-state index contributed by atoms with van der Waals surface area (Å²) in [6.07, 6.45) is 3.18. The minimum atomic E-state index is 0.261. The Morgan fingerprint density at radius 3 is 2.75 bits per heavy atom. The summed E-state index contributed by atoms with van der Waals surface area (Å²) >= 11 is 0. The van der Waals surface area contributed by atoms with Gasteiger partial charge in [-0.05, 0) is 18.9 Å². The van der Waals surface area contributed by atoms with Crippen molar-refractivity contribution in [2.24, 2.45) is 0 Å². The van der Waals surface area contributed by atoms with Crippen LogP contribution in [-0.2, 0) is 11.3 Å². The van der Waals surface area contributed by atoms with Crippen LogP contribution in [-0.4, -0.2) is 41.4 Å². The second kappa shape index (κ2) is 7.25. The summed E-state index contributed by atoms with van der Waals surface area (Å²) in [5, 5.41) is 0. The molecule has 3 nitrogen and oxygen atoms in total. The third-order valence-corrected chi connectivity index (χ3v) is 3.84. The number of amides is 1. The van der Waals surface area contributed by atoms with Gasteiger partial charge in [-0.25, -0.2) is 0 Å². The summed E-state index contributed by atoms with van der Waals surface area (Å²) in [4.78, 5) is 16.5. The van der Waals surface area contributed by atoms with E-state index in [0.717, 1.165) is 32.6 Å². The van der Waals surface area contributed by atoms with Gasteiger partial charge in [-0.1, -0.05) is 36.4 Å². The van der Waals surface area contributed by atoms with Crippen molar-refractivity contribution < 1.29 is 4.79 Å². The molecule has 1 saturated heterocycles. The van der Waals surface area contributed by atoms with Crippen molar-refractivity contribution in [2.75, 3.05) is 19.6 Å². The van der Waals surface area contributed by atoms with Crippen LogP contribution in [0.3, 0.4) is 0 Å². The maximum absolute atomic E-state index is 12.1. The molecule has 2 rings (SSSR count). The first-order valence-electron chi connectivity index (χ1n) is 7.37. The van der Waals surface area contributed by atoms with E-state index < -0.39 is 0 Å². The second-order valence-electron chi connectivity index (χ2n) is 5.48. The molecule has 3 heteroatoms. The SMILES string of the molecule is C=CCCC(=O)N1CCN(Cc2ccccc2)CC1C. The fourth-order valence-corrected chi connectivity index (χ4v) is 2.76. The summed E-state index contributed by atoms with van der Waals surface area (Å²) in [5.41, 5.74) is 1.34. The Morgan fingerprint density at radius 2 is 2.10 bits per heavy atom. The van der Waals surface area contributed by atoms with E-state index in [4.69, 9.17) is 0 Å². The van der Waals surface area contributed by atoms with E-state index in [1.807, 2.05) is 17.0 Å². The van der Waals surface area contributed by atoms with Crippen LogP contribution < -0.4 is 0 Å². The topological polar surface area (TPSA) is 23.6 Å². The average molecular weight is 272 g/mol. The standard InChI is InChI=1S/C17H24N2O/c1-3-4-10-17(20)19-12-11-18(13-15(19)2)14-16-8-6-5-7-9-16/h3,5-9,15H,1,4,10-14H2,2H3. The molecule has 0 radical (unpaired) electrons.